The number of pyridine rings is 1. The van der Waals surface area contributed by atoms with E-state index in [9.17, 15) is 5.11 Å². The third kappa shape index (κ3) is 1.98. The van der Waals surface area contributed by atoms with E-state index < -0.39 is 5.60 Å². The van der Waals surface area contributed by atoms with Crippen molar-refractivity contribution in [1.82, 2.24) is 4.98 Å². The van der Waals surface area contributed by atoms with Crippen LogP contribution >= 0.6 is 11.6 Å². The summed E-state index contributed by atoms with van der Waals surface area (Å²) in [6.45, 7) is 3.36. The summed E-state index contributed by atoms with van der Waals surface area (Å²) in [6.07, 6.45) is 0. The van der Waals surface area contributed by atoms with Crippen LogP contribution in [0.2, 0.25) is 5.02 Å². The standard InChI is InChI=1S/C12H15B2ClN2O/c1-12(2,18)11-10(16)9(14)7-6(17-11)4-3-5(15)8(7)13/h3-4,18H,13-14,16H2,1-2H3. The van der Waals surface area contributed by atoms with E-state index in [1.165, 1.54) is 0 Å². The molecule has 1 aromatic heterocycles. The molecule has 2 aromatic rings. The molecule has 0 saturated carbocycles. The molecule has 0 aliphatic rings. The zero-order chi connectivity index (χ0) is 13.7. The van der Waals surface area contributed by atoms with Gasteiger partial charge in [0.05, 0.1) is 16.9 Å². The van der Waals surface area contributed by atoms with Crippen LogP contribution in [0.1, 0.15) is 19.5 Å². The first-order valence-corrected chi connectivity index (χ1v) is 6.19. The highest BCUT2D eigenvalue weighted by Crippen LogP contribution is 2.25. The Kier molecular flexibility index (Phi) is 3.07. The smallest absolute Gasteiger partial charge is 0.142 e. The molecule has 2 rings (SSSR count). The Bertz CT molecular complexity index is 638. The van der Waals surface area contributed by atoms with Gasteiger partial charge in [-0.3, -0.25) is 0 Å². The molecule has 1 heterocycles. The summed E-state index contributed by atoms with van der Waals surface area (Å²) >= 11 is 6.12. The minimum Gasteiger partial charge on any atom is -0.398 e. The average molecular weight is 260 g/mol. The van der Waals surface area contributed by atoms with E-state index in [0.717, 1.165) is 21.8 Å². The number of aliphatic hydroxyl groups is 1. The van der Waals surface area contributed by atoms with Crippen molar-refractivity contribution in [3.63, 3.8) is 0 Å². The van der Waals surface area contributed by atoms with Gasteiger partial charge in [0, 0.05) is 5.02 Å². The van der Waals surface area contributed by atoms with Gasteiger partial charge in [-0.1, -0.05) is 22.5 Å². The predicted molar refractivity (Wildman–Crippen MR) is 82.8 cm³/mol. The maximum Gasteiger partial charge on any atom is 0.142 e. The van der Waals surface area contributed by atoms with Gasteiger partial charge in [0.15, 0.2) is 0 Å². The lowest BCUT2D eigenvalue weighted by Gasteiger charge is -2.22. The number of hydrogen-bond acceptors (Lipinski definition) is 3. The van der Waals surface area contributed by atoms with Crippen LogP contribution in [-0.4, -0.2) is 25.8 Å². The number of halogens is 1. The van der Waals surface area contributed by atoms with Gasteiger partial charge in [0.25, 0.3) is 0 Å². The maximum absolute atomic E-state index is 10.1. The van der Waals surface area contributed by atoms with Crippen molar-refractivity contribution in [2.24, 2.45) is 0 Å². The van der Waals surface area contributed by atoms with Crippen molar-refractivity contribution in [3.05, 3.63) is 22.8 Å². The molecule has 0 fully saturated rings. The van der Waals surface area contributed by atoms with Crippen molar-refractivity contribution in [2.45, 2.75) is 19.4 Å². The number of nitrogen functional groups attached to an aromatic ring is 1. The summed E-state index contributed by atoms with van der Waals surface area (Å²) in [4.78, 5) is 4.48. The van der Waals surface area contributed by atoms with E-state index >= 15 is 0 Å². The summed E-state index contributed by atoms with van der Waals surface area (Å²) in [5.41, 5.74) is 8.75. The molecule has 3 N–H and O–H groups in total. The second-order valence-electron chi connectivity index (χ2n) is 5.12. The Hall–Kier alpha value is -1.19. The summed E-state index contributed by atoms with van der Waals surface area (Å²) < 4.78 is 0. The summed E-state index contributed by atoms with van der Waals surface area (Å²) in [5.74, 6) is 0. The van der Waals surface area contributed by atoms with E-state index in [1.807, 2.05) is 27.8 Å². The number of hydrogen-bond donors (Lipinski definition) is 2. The van der Waals surface area contributed by atoms with Crippen LogP contribution in [0.3, 0.4) is 0 Å². The molecule has 0 aliphatic heterocycles. The van der Waals surface area contributed by atoms with E-state index in [0.29, 0.717) is 16.4 Å². The van der Waals surface area contributed by atoms with E-state index in [1.54, 1.807) is 13.8 Å². The van der Waals surface area contributed by atoms with Gasteiger partial charge in [-0.2, -0.15) is 0 Å². The number of nitrogens with zero attached hydrogens (tertiary/aromatic N) is 1. The molecule has 0 saturated heterocycles. The Labute approximate surface area is 113 Å². The van der Waals surface area contributed by atoms with Crippen LogP contribution in [0.25, 0.3) is 10.9 Å². The minimum atomic E-state index is -1.06. The summed E-state index contributed by atoms with van der Waals surface area (Å²) in [5, 5.41) is 11.8. The molecular weight excluding hydrogens is 245 g/mol. The minimum absolute atomic E-state index is 0.509. The summed E-state index contributed by atoms with van der Waals surface area (Å²) in [6, 6.07) is 3.67. The maximum atomic E-state index is 10.1. The predicted octanol–water partition coefficient (Wildman–Crippen LogP) is -0.785. The topological polar surface area (TPSA) is 59.1 Å². The molecule has 0 radical (unpaired) electrons. The number of rotatable bonds is 1. The van der Waals surface area contributed by atoms with Crippen molar-refractivity contribution < 1.29 is 5.11 Å². The quantitative estimate of drug-likeness (QED) is 0.661. The van der Waals surface area contributed by atoms with Gasteiger partial charge in [0.1, 0.15) is 21.3 Å². The van der Waals surface area contributed by atoms with Crippen molar-refractivity contribution >= 4 is 54.8 Å². The molecule has 0 amide bonds. The van der Waals surface area contributed by atoms with E-state index in [-0.39, 0.29) is 0 Å². The highest BCUT2D eigenvalue weighted by Gasteiger charge is 2.23. The first kappa shape index (κ1) is 13.2. The molecule has 18 heavy (non-hydrogen) atoms. The average Bonchev–Trinajstić information content (AvgIpc) is 2.26. The van der Waals surface area contributed by atoms with Crippen molar-refractivity contribution in [3.8, 4) is 0 Å². The Morgan fingerprint density at radius 3 is 2.44 bits per heavy atom. The van der Waals surface area contributed by atoms with Crippen LogP contribution in [-0.2, 0) is 5.60 Å². The second-order valence-corrected chi connectivity index (χ2v) is 5.53. The number of nitrogens with two attached hydrogens (primary N) is 1. The normalized spacial score (nSPS) is 12.0. The van der Waals surface area contributed by atoms with Crippen LogP contribution in [0, 0.1) is 0 Å². The van der Waals surface area contributed by atoms with Gasteiger partial charge < -0.3 is 10.8 Å². The van der Waals surface area contributed by atoms with Crippen LogP contribution < -0.4 is 16.7 Å². The highest BCUT2D eigenvalue weighted by molar-refractivity contribution is 6.54. The number of anilines is 1. The van der Waals surface area contributed by atoms with Crippen LogP contribution in [0.15, 0.2) is 12.1 Å². The van der Waals surface area contributed by atoms with E-state index in [2.05, 4.69) is 4.98 Å². The summed E-state index contributed by atoms with van der Waals surface area (Å²) in [7, 11) is 3.88. The lowest BCUT2D eigenvalue weighted by Crippen LogP contribution is -2.28. The Balaban J connectivity index is 2.92. The Morgan fingerprint density at radius 1 is 1.28 bits per heavy atom. The largest absolute Gasteiger partial charge is 0.398 e. The zero-order valence-corrected chi connectivity index (χ0v) is 11.8. The molecule has 6 heteroatoms. The van der Waals surface area contributed by atoms with E-state index in [4.69, 9.17) is 17.3 Å². The molecule has 0 unspecified atom stereocenters. The molecule has 3 nitrogen and oxygen atoms in total. The molecular formula is C12H15B2ClN2O. The van der Waals surface area contributed by atoms with Crippen molar-refractivity contribution in [1.29, 1.82) is 0 Å². The fourth-order valence-corrected chi connectivity index (χ4v) is 2.36. The van der Waals surface area contributed by atoms with Gasteiger partial charge >= 0.3 is 0 Å². The monoisotopic (exact) mass is 260 g/mol. The third-order valence-electron chi connectivity index (χ3n) is 3.22. The first-order valence-electron chi connectivity index (χ1n) is 5.81. The number of benzene rings is 1. The lowest BCUT2D eigenvalue weighted by molar-refractivity contribution is 0.0751. The fourth-order valence-electron chi connectivity index (χ4n) is 2.20. The van der Waals surface area contributed by atoms with Gasteiger partial charge in [-0.15, -0.1) is 0 Å². The third-order valence-corrected chi connectivity index (χ3v) is 3.63. The SMILES string of the molecule is Bc1c(Cl)ccc2nc(C(C)(C)O)c(N)c(B)c12. The second kappa shape index (κ2) is 4.18. The number of fused-ring (bicyclic) bond motifs is 1. The molecule has 0 spiro atoms. The molecule has 0 atom stereocenters. The lowest BCUT2D eigenvalue weighted by atomic mass is 9.80. The van der Waals surface area contributed by atoms with Gasteiger partial charge in [-0.05, 0) is 31.4 Å². The van der Waals surface area contributed by atoms with Crippen LogP contribution in [0.4, 0.5) is 5.69 Å². The zero-order valence-electron chi connectivity index (χ0n) is 11.0. The molecule has 0 bridgehead atoms. The molecule has 92 valence electrons. The molecule has 0 aliphatic carbocycles. The Morgan fingerprint density at radius 2 is 1.89 bits per heavy atom. The van der Waals surface area contributed by atoms with Crippen molar-refractivity contribution in [2.75, 3.05) is 5.73 Å². The highest BCUT2D eigenvalue weighted by atomic mass is 35.5. The van der Waals surface area contributed by atoms with Gasteiger partial charge in [-0.25, -0.2) is 4.98 Å². The molecule has 1 aromatic carbocycles. The van der Waals surface area contributed by atoms with Gasteiger partial charge in [0.2, 0.25) is 0 Å². The fraction of sp³-hybridized carbons (Fsp3) is 0.250. The number of aromatic nitrogens is 1. The van der Waals surface area contributed by atoms with Crippen LogP contribution in [0.5, 0.6) is 0 Å². The first-order chi connectivity index (χ1) is 8.23.